The molecule has 7 heteroatoms. The van der Waals surface area contributed by atoms with Crippen LogP contribution in [0.4, 0.5) is 0 Å². The van der Waals surface area contributed by atoms with Crippen molar-refractivity contribution >= 4 is 10.0 Å². The summed E-state index contributed by atoms with van der Waals surface area (Å²) in [4.78, 5) is 0.205. The van der Waals surface area contributed by atoms with E-state index in [1.54, 1.807) is 29.9 Å². The minimum atomic E-state index is -3.58. The van der Waals surface area contributed by atoms with Crippen molar-refractivity contribution in [3.05, 3.63) is 41.7 Å². The van der Waals surface area contributed by atoms with Gasteiger partial charge in [-0.1, -0.05) is 0 Å². The average molecular weight is 309 g/mol. The van der Waals surface area contributed by atoms with Gasteiger partial charge in [0.05, 0.1) is 18.2 Å². The summed E-state index contributed by atoms with van der Waals surface area (Å²) >= 11 is 0. The number of hydrogen-bond donors (Lipinski definition) is 1. The fourth-order valence-electron chi connectivity index (χ4n) is 2.06. The normalized spacial score (nSPS) is 13.1. The van der Waals surface area contributed by atoms with E-state index >= 15 is 0 Å². The Kier molecular flexibility index (Phi) is 4.34. The van der Waals surface area contributed by atoms with Crippen LogP contribution in [0, 0.1) is 6.92 Å². The van der Waals surface area contributed by atoms with Gasteiger partial charge in [-0.25, -0.2) is 13.1 Å². The predicted octanol–water partition coefficient (Wildman–Crippen LogP) is 1.78. The largest absolute Gasteiger partial charge is 0.497 e. The van der Waals surface area contributed by atoms with Gasteiger partial charge < -0.3 is 4.74 Å². The highest BCUT2D eigenvalue weighted by Gasteiger charge is 2.20. The molecule has 0 aliphatic carbocycles. The molecule has 0 aliphatic rings. The Bertz CT molecular complexity index is 720. The molecule has 0 spiro atoms. The lowest BCUT2D eigenvalue weighted by atomic mass is 10.1. The molecule has 0 saturated carbocycles. The van der Waals surface area contributed by atoms with Gasteiger partial charge in [-0.15, -0.1) is 0 Å². The van der Waals surface area contributed by atoms with Crippen molar-refractivity contribution in [2.75, 3.05) is 7.11 Å². The van der Waals surface area contributed by atoms with Gasteiger partial charge in [-0.2, -0.15) is 5.10 Å². The van der Waals surface area contributed by atoms with E-state index in [2.05, 4.69) is 9.82 Å². The summed E-state index contributed by atoms with van der Waals surface area (Å²) in [5.74, 6) is 0.616. The number of rotatable bonds is 5. The number of methoxy groups -OCH3 is 1. The zero-order valence-electron chi connectivity index (χ0n) is 12.5. The molecule has 0 bridgehead atoms. The van der Waals surface area contributed by atoms with Crippen LogP contribution in [0.1, 0.15) is 24.2 Å². The molecule has 1 unspecified atom stereocenters. The molecule has 0 amide bonds. The third-order valence-corrected chi connectivity index (χ3v) is 5.00. The Hall–Kier alpha value is -1.86. The summed E-state index contributed by atoms with van der Waals surface area (Å²) in [5, 5.41) is 4.13. The Morgan fingerprint density at radius 2 is 1.90 bits per heavy atom. The number of ether oxygens (including phenoxy) is 1. The van der Waals surface area contributed by atoms with Gasteiger partial charge in [0, 0.05) is 24.3 Å². The lowest BCUT2D eigenvalue weighted by Crippen LogP contribution is -2.27. The number of nitrogens with one attached hydrogen (secondary N) is 1. The van der Waals surface area contributed by atoms with E-state index in [1.807, 2.05) is 14.0 Å². The molecule has 1 N–H and O–H groups in total. The minimum Gasteiger partial charge on any atom is -0.497 e. The monoisotopic (exact) mass is 309 g/mol. The Labute approximate surface area is 124 Å². The molecular formula is C14H19N3O3S. The van der Waals surface area contributed by atoms with Crippen molar-refractivity contribution in [2.24, 2.45) is 7.05 Å². The van der Waals surface area contributed by atoms with Crippen molar-refractivity contribution in [1.82, 2.24) is 14.5 Å². The molecule has 0 fully saturated rings. The summed E-state index contributed by atoms with van der Waals surface area (Å²) in [6.45, 7) is 3.70. The highest BCUT2D eigenvalue weighted by atomic mass is 32.2. The average Bonchev–Trinajstić information content (AvgIpc) is 2.78. The van der Waals surface area contributed by atoms with Crippen molar-refractivity contribution in [3.8, 4) is 5.75 Å². The van der Waals surface area contributed by atoms with Gasteiger partial charge in [0.1, 0.15) is 5.75 Å². The smallest absolute Gasteiger partial charge is 0.241 e. The molecule has 6 nitrogen and oxygen atoms in total. The third-order valence-electron chi connectivity index (χ3n) is 3.44. The van der Waals surface area contributed by atoms with E-state index in [1.165, 1.54) is 19.2 Å². The zero-order chi connectivity index (χ0) is 15.6. The highest BCUT2D eigenvalue weighted by Crippen LogP contribution is 2.20. The first kappa shape index (κ1) is 15.5. The SMILES string of the molecule is COc1ccc(S(=O)(=O)NC(C)c2cnn(C)c2C)cc1. The fourth-order valence-corrected chi connectivity index (χ4v) is 3.28. The first-order chi connectivity index (χ1) is 9.85. The molecule has 0 aliphatic heterocycles. The third kappa shape index (κ3) is 3.25. The van der Waals surface area contributed by atoms with E-state index in [4.69, 9.17) is 4.74 Å². The van der Waals surface area contributed by atoms with Gasteiger partial charge in [0.25, 0.3) is 0 Å². The van der Waals surface area contributed by atoms with Gasteiger partial charge in [0.2, 0.25) is 10.0 Å². The maximum Gasteiger partial charge on any atom is 0.241 e. The van der Waals surface area contributed by atoms with Crippen LogP contribution < -0.4 is 9.46 Å². The number of sulfonamides is 1. The molecule has 0 saturated heterocycles. The molecule has 1 heterocycles. The number of aromatic nitrogens is 2. The molecular weight excluding hydrogens is 290 g/mol. The van der Waals surface area contributed by atoms with Crippen LogP contribution in [0.15, 0.2) is 35.4 Å². The Balaban J connectivity index is 2.22. The second kappa shape index (κ2) is 5.87. The molecule has 1 aromatic heterocycles. The fraction of sp³-hybridized carbons (Fsp3) is 0.357. The zero-order valence-corrected chi connectivity index (χ0v) is 13.3. The summed E-state index contributed by atoms with van der Waals surface area (Å²) in [6, 6.07) is 5.92. The number of hydrogen-bond acceptors (Lipinski definition) is 4. The minimum absolute atomic E-state index is 0.205. The Morgan fingerprint density at radius 1 is 1.29 bits per heavy atom. The van der Waals surface area contributed by atoms with E-state index in [9.17, 15) is 8.42 Å². The molecule has 114 valence electrons. The van der Waals surface area contributed by atoms with Crippen LogP contribution in [-0.2, 0) is 17.1 Å². The molecule has 1 aromatic carbocycles. The highest BCUT2D eigenvalue weighted by molar-refractivity contribution is 7.89. The van der Waals surface area contributed by atoms with Crippen LogP contribution in [0.5, 0.6) is 5.75 Å². The van der Waals surface area contributed by atoms with Crippen LogP contribution in [0.25, 0.3) is 0 Å². The van der Waals surface area contributed by atoms with Gasteiger partial charge in [0.15, 0.2) is 0 Å². The molecule has 21 heavy (non-hydrogen) atoms. The van der Waals surface area contributed by atoms with Gasteiger partial charge >= 0.3 is 0 Å². The van der Waals surface area contributed by atoms with Crippen LogP contribution in [0.3, 0.4) is 0 Å². The van der Waals surface area contributed by atoms with Crippen molar-refractivity contribution in [2.45, 2.75) is 24.8 Å². The quantitative estimate of drug-likeness (QED) is 0.913. The first-order valence-electron chi connectivity index (χ1n) is 6.50. The summed E-state index contributed by atoms with van der Waals surface area (Å²) in [7, 11) is -0.223. The Morgan fingerprint density at radius 3 is 2.38 bits per heavy atom. The van der Waals surface area contributed by atoms with Crippen LogP contribution in [0.2, 0.25) is 0 Å². The second-order valence-electron chi connectivity index (χ2n) is 4.83. The summed E-state index contributed by atoms with van der Waals surface area (Å²) < 4.78 is 34.1. The number of aryl methyl sites for hydroxylation is 1. The van der Waals surface area contributed by atoms with Gasteiger partial charge in [-0.05, 0) is 38.1 Å². The standard InChI is InChI=1S/C14H19N3O3S/c1-10(14-9-15-17(3)11(14)2)16-21(18,19)13-7-5-12(20-4)6-8-13/h5-10,16H,1-4H3. The summed E-state index contributed by atoms with van der Waals surface area (Å²) in [5.41, 5.74) is 1.79. The maximum absolute atomic E-state index is 12.4. The number of nitrogens with zero attached hydrogens (tertiary/aromatic N) is 2. The predicted molar refractivity (Wildman–Crippen MR) is 79.7 cm³/mol. The van der Waals surface area contributed by atoms with Crippen LogP contribution >= 0.6 is 0 Å². The van der Waals surface area contributed by atoms with Crippen molar-refractivity contribution in [1.29, 1.82) is 0 Å². The second-order valence-corrected chi connectivity index (χ2v) is 6.54. The van der Waals surface area contributed by atoms with E-state index in [0.29, 0.717) is 5.75 Å². The maximum atomic E-state index is 12.4. The lowest BCUT2D eigenvalue weighted by Gasteiger charge is -2.14. The number of benzene rings is 1. The van der Waals surface area contributed by atoms with Crippen molar-refractivity contribution in [3.63, 3.8) is 0 Å². The van der Waals surface area contributed by atoms with Gasteiger partial charge in [-0.3, -0.25) is 4.68 Å². The first-order valence-corrected chi connectivity index (χ1v) is 7.98. The summed E-state index contributed by atoms with van der Waals surface area (Å²) in [6.07, 6.45) is 1.68. The van der Waals surface area contributed by atoms with Crippen LogP contribution in [-0.4, -0.2) is 25.3 Å². The van der Waals surface area contributed by atoms with E-state index < -0.39 is 10.0 Å². The van der Waals surface area contributed by atoms with E-state index in [-0.39, 0.29) is 10.9 Å². The molecule has 1 atom stereocenters. The lowest BCUT2D eigenvalue weighted by molar-refractivity contribution is 0.414. The van der Waals surface area contributed by atoms with Crippen molar-refractivity contribution < 1.29 is 13.2 Å². The molecule has 2 aromatic rings. The topological polar surface area (TPSA) is 73.2 Å². The molecule has 0 radical (unpaired) electrons. The molecule has 2 rings (SSSR count). The van der Waals surface area contributed by atoms with E-state index in [0.717, 1.165) is 11.3 Å².